The van der Waals surface area contributed by atoms with E-state index in [0.29, 0.717) is 17.1 Å². The normalized spacial score (nSPS) is 15.0. The number of carboxylic acid groups (broad SMARTS) is 1. The van der Waals surface area contributed by atoms with E-state index < -0.39 is 17.7 Å². The average molecular weight is 441 g/mol. The molecule has 1 unspecified atom stereocenters. The first-order valence-corrected chi connectivity index (χ1v) is 11.4. The molecule has 6 nitrogen and oxygen atoms in total. The number of hydrogen-bond donors (Lipinski definition) is 1. The van der Waals surface area contributed by atoms with E-state index in [1.54, 1.807) is 24.6 Å². The second kappa shape index (κ2) is 8.20. The Labute approximate surface area is 186 Å². The highest BCUT2D eigenvalue weighted by Crippen LogP contribution is 2.46. The fourth-order valence-corrected chi connectivity index (χ4v) is 5.62. The fourth-order valence-electron chi connectivity index (χ4n) is 4.30. The maximum atomic E-state index is 12.4. The first kappa shape index (κ1) is 21.7. The molecule has 0 aromatic carbocycles. The lowest BCUT2D eigenvalue weighted by Gasteiger charge is -2.28. The average Bonchev–Trinajstić information content (AvgIpc) is 3.08. The summed E-state index contributed by atoms with van der Waals surface area (Å²) in [5.74, 6) is -0.538. The van der Waals surface area contributed by atoms with Crippen LogP contribution in [0.2, 0.25) is 0 Å². The summed E-state index contributed by atoms with van der Waals surface area (Å²) in [5.41, 5.74) is 3.69. The molecule has 1 atom stereocenters. The number of aromatic nitrogens is 2. The van der Waals surface area contributed by atoms with E-state index in [0.717, 1.165) is 40.6 Å². The second-order valence-electron chi connectivity index (χ2n) is 8.91. The van der Waals surface area contributed by atoms with E-state index in [2.05, 4.69) is 4.98 Å². The Morgan fingerprint density at radius 1 is 1.26 bits per heavy atom. The summed E-state index contributed by atoms with van der Waals surface area (Å²) in [6.07, 6.45) is 4.89. The van der Waals surface area contributed by atoms with Crippen molar-refractivity contribution in [1.29, 1.82) is 0 Å². The van der Waals surface area contributed by atoms with Gasteiger partial charge in [-0.2, -0.15) is 0 Å². The highest BCUT2D eigenvalue weighted by Gasteiger charge is 2.34. The highest BCUT2D eigenvalue weighted by molar-refractivity contribution is 7.19. The number of nitrogens with zero attached hydrogens (tertiary/aromatic N) is 2. The number of aryl methyl sites for hydroxylation is 3. The molecular weight excluding hydrogens is 412 g/mol. The highest BCUT2D eigenvalue weighted by atomic mass is 32.1. The molecule has 0 fully saturated rings. The molecule has 3 aromatic heterocycles. The minimum atomic E-state index is -1.13. The van der Waals surface area contributed by atoms with Crippen molar-refractivity contribution < 1.29 is 19.4 Å². The van der Waals surface area contributed by atoms with Crippen molar-refractivity contribution in [3.8, 4) is 17.0 Å². The van der Waals surface area contributed by atoms with Crippen LogP contribution in [0.25, 0.3) is 21.3 Å². The van der Waals surface area contributed by atoms with Gasteiger partial charge in [0, 0.05) is 39.3 Å². The lowest BCUT2D eigenvalue weighted by atomic mass is 9.88. The smallest absolute Gasteiger partial charge is 0.337 e. The molecule has 0 radical (unpaired) electrons. The number of aliphatic carboxylic acids is 1. The molecule has 0 amide bonds. The number of fused-ring (bicyclic) bond motifs is 3. The SMILES string of the molecule is COc1cc(-c2c(C(OC(C)(C)C)C(=O)O)c(C)nc3sc4c(c23)CCCC4)ccn1. The van der Waals surface area contributed by atoms with E-state index >= 15 is 0 Å². The van der Waals surface area contributed by atoms with Gasteiger partial charge in [0.2, 0.25) is 5.88 Å². The minimum Gasteiger partial charge on any atom is -0.481 e. The monoisotopic (exact) mass is 440 g/mol. The molecule has 31 heavy (non-hydrogen) atoms. The summed E-state index contributed by atoms with van der Waals surface area (Å²) in [6.45, 7) is 7.47. The van der Waals surface area contributed by atoms with Crippen LogP contribution >= 0.6 is 11.3 Å². The maximum absolute atomic E-state index is 12.4. The molecule has 4 rings (SSSR count). The minimum absolute atomic E-state index is 0.485. The molecule has 3 heterocycles. The third-order valence-electron chi connectivity index (χ3n) is 5.52. The Bertz CT molecular complexity index is 1150. The van der Waals surface area contributed by atoms with Crippen molar-refractivity contribution in [2.75, 3.05) is 7.11 Å². The van der Waals surface area contributed by atoms with Crippen molar-refractivity contribution in [2.24, 2.45) is 0 Å². The van der Waals surface area contributed by atoms with Gasteiger partial charge in [-0.05, 0) is 70.6 Å². The fraction of sp³-hybridized carbons (Fsp3) is 0.458. The predicted molar refractivity (Wildman–Crippen MR) is 122 cm³/mol. The molecule has 7 heteroatoms. The Morgan fingerprint density at radius 3 is 2.68 bits per heavy atom. The molecule has 0 saturated heterocycles. The maximum Gasteiger partial charge on any atom is 0.337 e. The van der Waals surface area contributed by atoms with Crippen LogP contribution in [0.15, 0.2) is 18.3 Å². The summed E-state index contributed by atoms with van der Waals surface area (Å²) in [6, 6.07) is 3.77. The number of hydrogen-bond acceptors (Lipinski definition) is 6. The van der Waals surface area contributed by atoms with Crippen molar-refractivity contribution in [3.63, 3.8) is 0 Å². The van der Waals surface area contributed by atoms with Gasteiger partial charge in [-0.15, -0.1) is 11.3 Å². The van der Waals surface area contributed by atoms with Crippen LogP contribution < -0.4 is 4.74 Å². The van der Waals surface area contributed by atoms with Gasteiger partial charge >= 0.3 is 5.97 Å². The van der Waals surface area contributed by atoms with E-state index in [9.17, 15) is 9.90 Å². The van der Waals surface area contributed by atoms with Crippen LogP contribution in [0.5, 0.6) is 5.88 Å². The number of carboxylic acids is 1. The molecule has 0 bridgehead atoms. The molecule has 164 valence electrons. The van der Waals surface area contributed by atoms with E-state index in [1.807, 2.05) is 39.8 Å². The van der Waals surface area contributed by atoms with Gasteiger partial charge in [-0.25, -0.2) is 14.8 Å². The lowest BCUT2D eigenvalue weighted by molar-refractivity contribution is -0.160. The number of thiophene rings is 1. The van der Waals surface area contributed by atoms with Crippen LogP contribution in [0.1, 0.15) is 61.4 Å². The summed E-state index contributed by atoms with van der Waals surface area (Å²) >= 11 is 1.73. The van der Waals surface area contributed by atoms with Gasteiger partial charge in [-0.1, -0.05) is 0 Å². The topological polar surface area (TPSA) is 81.5 Å². The Kier molecular flexibility index (Phi) is 5.75. The zero-order valence-corrected chi connectivity index (χ0v) is 19.4. The molecule has 1 N–H and O–H groups in total. The summed E-state index contributed by atoms with van der Waals surface area (Å²) in [7, 11) is 1.58. The van der Waals surface area contributed by atoms with Crippen LogP contribution in [0.4, 0.5) is 0 Å². The largest absolute Gasteiger partial charge is 0.481 e. The van der Waals surface area contributed by atoms with Crippen molar-refractivity contribution in [2.45, 2.75) is 65.1 Å². The third-order valence-corrected chi connectivity index (χ3v) is 6.71. The standard InChI is InChI=1S/C24H28N2O4S/c1-13-18(21(23(27)28)30-24(2,3)4)19(14-10-11-25-17(12-14)29-5)20-15-8-6-7-9-16(15)31-22(20)26-13/h10-12,21H,6-9H2,1-5H3,(H,27,28). The molecule has 3 aromatic rings. The van der Waals surface area contributed by atoms with Gasteiger partial charge in [-0.3, -0.25) is 0 Å². The quantitative estimate of drug-likeness (QED) is 0.565. The summed E-state index contributed by atoms with van der Waals surface area (Å²) in [4.78, 5) is 23.8. The number of carbonyl (C=O) groups is 1. The number of rotatable bonds is 5. The van der Waals surface area contributed by atoms with Gasteiger partial charge < -0.3 is 14.6 Å². The Balaban J connectivity index is 2.09. The molecule has 1 aliphatic rings. The lowest BCUT2D eigenvalue weighted by Crippen LogP contribution is -2.28. The van der Waals surface area contributed by atoms with E-state index in [4.69, 9.17) is 14.5 Å². The van der Waals surface area contributed by atoms with Gasteiger partial charge in [0.25, 0.3) is 0 Å². The second-order valence-corrected chi connectivity index (χ2v) is 10.00. The van der Waals surface area contributed by atoms with Crippen LogP contribution in [-0.4, -0.2) is 33.8 Å². The van der Waals surface area contributed by atoms with Gasteiger partial charge in [0.1, 0.15) is 4.83 Å². The Morgan fingerprint density at radius 2 is 2.00 bits per heavy atom. The summed E-state index contributed by atoms with van der Waals surface area (Å²) in [5, 5.41) is 11.2. The number of pyridine rings is 2. The molecule has 0 spiro atoms. The summed E-state index contributed by atoms with van der Waals surface area (Å²) < 4.78 is 11.4. The van der Waals surface area contributed by atoms with Crippen LogP contribution in [0, 0.1) is 6.92 Å². The van der Waals surface area contributed by atoms with Crippen molar-refractivity contribution in [1.82, 2.24) is 9.97 Å². The third kappa shape index (κ3) is 4.16. The predicted octanol–water partition coefficient (Wildman–Crippen LogP) is 5.49. The first-order chi connectivity index (χ1) is 14.7. The first-order valence-electron chi connectivity index (χ1n) is 10.6. The van der Waals surface area contributed by atoms with Gasteiger partial charge in [0.15, 0.2) is 6.10 Å². The van der Waals surface area contributed by atoms with E-state index in [1.165, 1.54) is 16.9 Å². The van der Waals surface area contributed by atoms with Crippen molar-refractivity contribution in [3.05, 3.63) is 40.0 Å². The zero-order chi connectivity index (χ0) is 22.3. The molecule has 0 aliphatic heterocycles. The number of methoxy groups -OCH3 is 1. The van der Waals surface area contributed by atoms with Gasteiger partial charge in [0.05, 0.1) is 12.7 Å². The molecule has 1 aliphatic carbocycles. The molecule has 0 saturated carbocycles. The van der Waals surface area contributed by atoms with Crippen LogP contribution in [-0.2, 0) is 22.4 Å². The molecular formula is C24H28N2O4S. The number of ether oxygens (including phenoxy) is 2. The van der Waals surface area contributed by atoms with Crippen LogP contribution in [0.3, 0.4) is 0 Å². The van der Waals surface area contributed by atoms with E-state index in [-0.39, 0.29) is 0 Å². The Hall–Kier alpha value is -2.51. The zero-order valence-electron chi connectivity index (χ0n) is 18.6. The van der Waals surface area contributed by atoms with Crippen molar-refractivity contribution >= 4 is 27.5 Å².